The number of hydrogen-bond donors (Lipinski definition) is 0. The smallest absolute Gasteiger partial charge is 0.143 e. The Morgan fingerprint density at radius 1 is 1.12 bits per heavy atom. The SMILES string of the molecule is [N-]=[N+]=Nc1nc(-c2ccccc2)sc1CN=Cc1ccc(Cl)cc1. The van der Waals surface area contributed by atoms with Crippen molar-refractivity contribution in [3.05, 3.63) is 80.5 Å². The lowest BCUT2D eigenvalue weighted by atomic mass is 10.2. The van der Waals surface area contributed by atoms with Crippen molar-refractivity contribution in [1.29, 1.82) is 0 Å². The molecule has 0 bridgehead atoms. The first kappa shape index (κ1) is 16.2. The van der Waals surface area contributed by atoms with Crippen LogP contribution in [0.15, 0.2) is 64.7 Å². The van der Waals surface area contributed by atoms with E-state index in [9.17, 15) is 0 Å². The molecule has 0 saturated heterocycles. The Morgan fingerprint density at radius 3 is 2.58 bits per heavy atom. The van der Waals surface area contributed by atoms with Gasteiger partial charge in [0.25, 0.3) is 0 Å². The third-order valence-electron chi connectivity index (χ3n) is 3.18. The topological polar surface area (TPSA) is 74.0 Å². The number of rotatable bonds is 5. The van der Waals surface area contributed by atoms with Gasteiger partial charge in [-0.1, -0.05) is 54.1 Å². The van der Waals surface area contributed by atoms with Gasteiger partial charge in [-0.2, -0.15) is 0 Å². The van der Waals surface area contributed by atoms with E-state index in [0.29, 0.717) is 17.4 Å². The Hall–Kier alpha value is -2.66. The van der Waals surface area contributed by atoms with Crippen molar-refractivity contribution >= 4 is 35.0 Å². The third kappa shape index (κ3) is 4.00. The average Bonchev–Trinajstić information content (AvgIpc) is 3.01. The molecular weight excluding hydrogens is 342 g/mol. The van der Waals surface area contributed by atoms with Crippen molar-refractivity contribution < 1.29 is 0 Å². The first-order valence-corrected chi connectivity index (χ1v) is 8.31. The molecule has 0 radical (unpaired) electrons. The fraction of sp³-hybridized carbons (Fsp3) is 0.0588. The van der Waals surface area contributed by atoms with Crippen LogP contribution in [0.3, 0.4) is 0 Å². The van der Waals surface area contributed by atoms with Gasteiger partial charge >= 0.3 is 0 Å². The Bertz CT molecular complexity index is 896. The van der Waals surface area contributed by atoms with Crippen molar-refractivity contribution in [2.45, 2.75) is 6.54 Å². The van der Waals surface area contributed by atoms with Gasteiger partial charge in [-0.3, -0.25) is 4.99 Å². The summed E-state index contributed by atoms with van der Waals surface area (Å²) in [5.74, 6) is 0.384. The minimum atomic E-state index is 0.384. The molecule has 0 aliphatic heterocycles. The van der Waals surface area contributed by atoms with Crippen LogP contribution < -0.4 is 0 Å². The van der Waals surface area contributed by atoms with Crippen LogP contribution in [0.2, 0.25) is 5.02 Å². The Kier molecular flexibility index (Phi) is 5.23. The largest absolute Gasteiger partial charge is 0.287 e. The van der Waals surface area contributed by atoms with Gasteiger partial charge in [-0.15, -0.1) is 11.3 Å². The number of hydrogen-bond acceptors (Lipinski definition) is 4. The zero-order valence-electron chi connectivity index (χ0n) is 12.5. The summed E-state index contributed by atoms with van der Waals surface area (Å²) >= 11 is 7.34. The van der Waals surface area contributed by atoms with Gasteiger partial charge in [-0.05, 0) is 28.3 Å². The molecule has 5 nitrogen and oxygen atoms in total. The molecular formula is C17H12ClN5S. The number of nitrogens with zero attached hydrogens (tertiary/aromatic N) is 5. The summed E-state index contributed by atoms with van der Waals surface area (Å²) in [7, 11) is 0. The molecule has 0 spiro atoms. The molecule has 118 valence electrons. The highest BCUT2D eigenvalue weighted by Crippen LogP contribution is 2.33. The lowest BCUT2D eigenvalue weighted by Crippen LogP contribution is -1.82. The van der Waals surface area contributed by atoms with Gasteiger partial charge in [-0.25, -0.2) is 4.98 Å². The molecule has 7 heteroatoms. The van der Waals surface area contributed by atoms with Gasteiger partial charge in [0.15, 0.2) is 0 Å². The predicted molar refractivity (Wildman–Crippen MR) is 99.1 cm³/mol. The molecule has 0 unspecified atom stereocenters. The van der Waals surface area contributed by atoms with E-state index in [-0.39, 0.29) is 0 Å². The minimum absolute atomic E-state index is 0.384. The van der Waals surface area contributed by atoms with Crippen molar-refractivity contribution in [1.82, 2.24) is 4.98 Å². The van der Waals surface area contributed by atoms with Crippen molar-refractivity contribution in [3.8, 4) is 10.6 Å². The molecule has 0 atom stereocenters. The van der Waals surface area contributed by atoms with Gasteiger partial charge < -0.3 is 0 Å². The third-order valence-corrected chi connectivity index (χ3v) is 4.51. The number of halogens is 1. The molecule has 1 aromatic heterocycles. The number of aliphatic imine (C=N–C) groups is 1. The molecule has 0 fully saturated rings. The molecule has 2 aromatic carbocycles. The minimum Gasteiger partial charge on any atom is -0.287 e. The first-order valence-electron chi connectivity index (χ1n) is 7.12. The van der Waals surface area contributed by atoms with Crippen LogP contribution >= 0.6 is 22.9 Å². The molecule has 0 N–H and O–H groups in total. The summed E-state index contributed by atoms with van der Waals surface area (Å²) < 4.78 is 0. The summed E-state index contributed by atoms with van der Waals surface area (Å²) in [4.78, 5) is 12.5. The van der Waals surface area contributed by atoms with Crippen LogP contribution in [0.5, 0.6) is 0 Å². The van der Waals surface area contributed by atoms with Gasteiger partial charge in [0, 0.05) is 21.7 Å². The van der Waals surface area contributed by atoms with Crippen molar-refractivity contribution in [3.63, 3.8) is 0 Å². The van der Waals surface area contributed by atoms with E-state index in [1.165, 1.54) is 11.3 Å². The van der Waals surface area contributed by atoms with E-state index in [1.807, 2.05) is 54.6 Å². The summed E-state index contributed by atoms with van der Waals surface area (Å²) in [6.45, 7) is 0.404. The summed E-state index contributed by atoms with van der Waals surface area (Å²) in [6.07, 6.45) is 1.76. The highest BCUT2D eigenvalue weighted by molar-refractivity contribution is 7.15. The Morgan fingerprint density at radius 2 is 1.88 bits per heavy atom. The van der Waals surface area contributed by atoms with Crippen LogP contribution in [0.4, 0.5) is 5.82 Å². The fourth-order valence-electron chi connectivity index (χ4n) is 2.05. The molecule has 0 aliphatic carbocycles. The maximum atomic E-state index is 8.73. The van der Waals surface area contributed by atoms with E-state index in [1.54, 1.807) is 6.21 Å². The van der Waals surface area contributed by atoms with Gasteiger partial charge in [0.1, 0.15) is 10.8 Å². The number of benzene rings is 2. The summed E-state index contributed by atoms with van der Waals surface area (Å²) in [5.41, 5.74) is 10.7. The number of azide groups is 1. The van der Waals surface area contributed by atoms with Gasteiger partial charge in [0.05, 0.1) is 11.4 Å². The van der Waals surface area contributed by atoms with Gasteiger partial charge in [0.2, 0.25) is 0 Å². The van der Waals surface area contributed by atoms with E-state index < -0.39 is 0 Å². The highest BCUT2D eigenvalue weighted by atomic mass is 35.5. The van der Waals surface area contributed by atoms with Crippen LogP contribution in [-0.2, 0) is 6.54 Å². The maximum absolute atomic E-state index is 8.73. The number of aromatic nitrogens is 1. The molecule has 0 aliphatic rings. The normalized spacial score (nSPS) is 10.7. The first-order chi connectivity index (χ1) is 11.8. The maximum Gasteiger partial charge on any atom is 0.143 e. The second kappa shape index (κ2) is 7.75. The standard InChI is InChI=1S/C17H12ClN5S/c18-14-8-6-12(7-9-14)10-20-11-15-16(22-23-19)21-17(24-15)13-4-2-1-3-5-13/h1-10H,11H2. The Balaban J connectivity index is 1.83. The quantitative estimate of drug-likeness (QED) is 0.239. The van der Waals surface area contributed by atoms with E-state index in [2.05, 4.69) is 20.0 Å². The van der Waals surface area contributed by atoms with Crippen LogP contribution in [0, 0.1) is 0 Å². The molecule has 0 amide bonds. The lowest BCUT2D eigenvalue weighted by Gasteiger charge is -1.94. The van der Waals surface area contributed by atoms with Crippen LogP contribution in [0.1, 0.15) is 10.4 Å². The monoisotopic (exact) mass is 353 g/mol. The molecule has 3 rings (SSSR count). The average molecular weight is 354 g/mol. The zero-order valence-corrected chi connectivity index (χ0v) is 14.1. The molecule has 24 heavy (non-hydrogen) atoms. The second-order valence-corrected chi connectivity index (χ2v) is 6.36. The number of thiazole rings is 1. The lowest BCUT2D eigenvalue weighted by molar-refractivity contribution is 1.09. The predicted octanol–water partition coefficient (Wildman–Crippen LogP) is 6.02. The highest BCUT2D eigenvalue weighted by Gasteiger charge is 2.10. The molecule has 0 saturated carbocycles. The summed E-state index contributed by atoms with van der Waals surface area (Å²) in [5, 5.41) is 5.18. The zero-order chi connectivity index (χ0) is 16.8. The molecule has 1 heterocycles. The van der Waals surface area contributed by atoms with E-state index in [0.717, 1.165) is 21.0 Å². The Labute approximate surface area is 147 Å². The second-order valence-electron chi connectivity index (χ2n) is 4.84. The van der Waals surface area contributed by atoms with Crippen LogP contribution in [-0.4, -0.2) is 11.2 Å². The van der Waals surface area contributed by atoms with Crippen molar-refractivity contribution in [2.24, 2.45) is 10.1 Å². The van der Waals surface area contributed by atoms with Crippen LogP contribution in [0.25, 0.3) is 21.0 Å². The van der Waals surface area contributed by atoms with E-state index in [4.69, 9.17) is 17.1 Å². The molecule has 3 aromatic rings. The van der Waals surface area contributed by atoms with E-state index >= 15 is 0 Å². The summed E-state index contributed by atoms with van der Waals surface area (Å²) in [6, 6.07) is 17.2. The fourth-order valence-corrected chi connectivity index (χ4v) is 3.12. The van der Waals surface area contributed by atoms with Crippen molar-refractivity contribution in [2.75, 3.05) is 0 Å².